The molecule has 1 aromatic carbocycles. The van der Waals surface area contributed by atoms with Gasteiger partial charge in [0.1, 0.15) is 17.9 Å². The monoisotopic (exact) mass is 444 g/mol. The summed E-state index contributed by atoms with van der Waals surface area (Å²) in [5.74, 6) is -0.681. The van der Waals surface area contributed by atoms with Crippen molar-refractivity contribution in [1.29, 1.82) is 0 Å². The summed E-state index contributed by atoms with van der Waals surface area (Å²) in [6.45, 7) is 1.96. The van der Waals surface area contributed by atoms with E-state index >= 15 is 0 Å². The van der Waals surface area contributed by atoms with Gasteiger partial charge in [0, 0.05) is 17.1 Å². The lowest BCUT2D eigenvalue weighted by molar-refractivity contribution is -0.135. The van der Waals surface area contributed by atoms with Gasteiger partial charge in [0.2, 0.25) is 0 Å². The fourth-order valence-electron chi connectivity index (χ4n) is 4.33. The van der Waals surface area contributed by atoms with Crippen LogP contribution in [0.15, 0.2) is 40.8 Å². The van der Waals surface area contributed by atoms with Crippen LogP contribution in [-0.4, -0.2) is 39.4 Å². The summed E-state index contributed by atoms with van der Waals surface area (Å²) in [4.78, 5) is 43.5. The molecule has 1 N–H and O–H groups in total. The molecule has 164 valence electrons. The first-order valence-corrected chi connectivity index (χ1v) is 11.4. The number of halogens is 1. The minimum atomic E-state index is -0.878. The van der Waals surface area contributed by atoms with Gasteiger partial charge in [0.25, 0.3) is 11.8 Å². The highest BCUT2D eigenvalue weighted by atomic mass is 32.1. The quantitative estimate of drug-likeness (QED) is 0.720. The van der Waals surface area contributed by atoms with E-state index in [2.05, 4.69) is 17.2 Å². The molecule has 2 aromatic rings. The summed E-state index contributed by atoms with van der Waals surface area (Å²) < 4.78 is 15.6. The third-order valence-corrected chi connectivity index (χ3v) is 7.05. The third-order valence-electron chi connectivity index (χ3n) is 6.25. The number of imide groups is 1. The molecule has 9 heteroatoms. The number of amides is 4. The molecule has 4 amide bonds. The highest BCUT2D eigenvalue weighted by Crippen LogP contribution is 2.37. The number of carbonyl (C=O) groups excluding carboxylic acids is 3. The maximum absolute atomic E-state index is 14.0. The zero-order chi connectivity index (χ0) is 22.0. The third kappa shape index (κ3) is 4.32. The number of nitrogens with zero attached hydrogens (tertiary/aromatic N) is 3. The summed E-state index contributed by atoms with van der Waals surface area (Å²) in [5, 5.41) is 4.58. The average Bonchev–Trinajstić information content (AvgIpc) is 3.28. The summed E-state index contributed by atoms with van der Waals surface area (Å²) >= 11 is 1.24. The van der Waals surface area contributed by atoms with Gasteiger partial charge in [-0.1, -0.05) is 31.5 Å². The first-order chi connectivity index (χ1) is 14.9. The Bertz CT molecular complexity index is 1070. The van der Waals surface area contributed by atoms with Gasteiger partial charge in [-0.25, -0.2) is 9.18 Å². The van der Waals surface area contributed by atoms with E-state index in [0.717, 1.165) is 24.2 Å². The van der Waals surface area contributed by atoms with Crippen LogP contribution in [0, 0.1) is 11.7 Å². The second-order valence-electron chi connectivity index (χ2n) is 8.17. The van der Waals surface area contributed by atoms with E-state index in [0.29, 0.717) is 29.1 Å². The van der Waals surface area contributed by atoms with Gasteiger partial charge in [-0.05, 0) is 37.7 Å². The van der Waals surface area contributed by atoms with Gasteiger partial charge in [0.05, 0.1) is 6.54 Å². The number of thiazole rings is 1. The smallest absolute Gasteiger partial charge is 0.323 e. The van der Waals surface area contributed by atoms with E-state index in [4.69, 9.17) is 0 Å². The second kappa shape index (κ2) is 8.74. The van der Waals surface area contributed by atoms with E-state index in [-0.39, 0.29) is 18.3 Å². The van der Waals surface area contributed by atoms with Crippen LogP contribution >= 0.6 is 11.3 Å². The van der Waals surface area contributed by atoms with Crippen LogP contribution in [0.4, 0.5) is 9.18 Å². The van der Waals surface area contributed by atoms with Crippen LogP contribution in [0.25, 0.3) is 0 Å². The van der Waals surface area contributed by atoms with Crippen molar-refractivity contribution in [2.24, 2.45) is 10.9 Å². The molecule has 2 heterocycles. The van der Waals surface area contributed by atoms with Crippen molar-refractivity contribution < 1.29 is 18.8 Å². The minimum Gasteiger partial charge on any atom is -0.323 e. The van der Waals surface area contributed by atoms with E-state index in [1.54, 1.807) is 34.3 Å². The molecule has 0 atom stereocenters. The van der Waals surface area contributed by atoms with Crippen molar-refractivity contribution in [2.75, 3.05) is 6.54 Å². The van der Waals surface area contributed by atoms with Crippen molar-refractivity contribution in [3.8, 4) is 0 Å². The summed E-state index contributed by atoms with van der Waals surface area (Å²) in [7, 11) is 0. The molecule has 31 heavy (non-hydrogen) atoms. The van der Waals surface area contributed by atoms with Gasteiger partial charge < -0.3 is 9.88 Å². The van der Waals surface area contributed by atoms with Crippen molar-refractivity contribution in [2.45, 2.75) is 51.1 Å². The molecule has 0 bridgehead atoms. The Morgan fingerprint density at radius 1 is 1.29 bits per heavy atom. The van der Waals surface area contributed by atoms with Crippen LogP contribution in [0.2, 0.25) is 0 Å². The van der Waals surface area contributed by atoms with Gasteiger partial charge in [-0.3, -0.25) is 14.5 Å². The fraction of sp³-hybridized carbons (Fsp3) is 0.455. The SMILES string of the molecule is CCC1CCC2(CC1)NC(=O)N(CC(=O)N=c1sccn1Cc1ccccc1F)C2=O. The van der Waals surface area contributed by atoms with E-state index in [9.17, 15) is 18.8 Å². The number of urea groups is 1. The number of hydrogen-bond donors (Lipinski definition) is 1. The number of aromatic nitrogens is 1. The number of benzene rings is 1. The van der Waals surface area contributed by atoms with E-state index < -0.39 is 24.0 Å². The Kier molecular flexibility index (Phi) is 6.04. The topological polar surface area (TPSA) is 83.8 Å². The van der Waals surface area contributed by atoms with Crippen molar-refractivity contribution in [3.05, 3.63) is 52.0 Å². The Morgan fingerprint density at radius 2 is 2.03 bits per heavy atom. The van der Waals surface area contributed by atoms with Crippen LogP contribution in [0.5, 0.6) is 0 Å². The standard InChI is InChI=1S/C22H25FN4O3S/c1-2-15-7-9-22(10-8-15)19(29)27(20(30)25-22)14-18(28)24-21-26(11-12-31-21)13-16-5-3-4-6-17(16)23/h3-6,11-12,15H,2,7-10,13-14H2,1H3,(H,25,30). The average molecular weight is 445 g/mol. The maximum atomic E-state index is 14.0. The number of rotatable bonds is 5. The molecule has 0 radical (unpaired) electrons. The normalized spacial score (nSPS) is 24.1. The molecule has 2 aliphatic rings. The highest BCUT2D eigenvalue weighted by Gasteiger charge is 2.52. The predicted octanol–water partition coefficient (Wildman–Crippen LogP) is 3.06. The fourth-order valence-corrected chi connectivity index (χ4v) is 5.08. The minimum absolute atomic E-state index is 0.229. The molecule has 7 nitrogen and oxygen atoms in total. The predicted molar refractivity (Wildman–Crippen MR) is 114 cm³/mol. The van der Waals surface area contributed by atoms with Crippen LogP contribution in [0.3, 0.4) is 0 Å². The van der Waals surface area contributed by atoms with Gasteiger partial charge >= 0.3 is 6.03 Å². The molecule has 1 aromatic heterocycles. The molecule has 4 rings (SSSR count). The zero-order valence-electron chi connectivity index (χ0n) is 17.3. The largest absolute Gasteiger partial charge is 0.325 e. The van der Waals surface area contributed by atoms with Crippen LogP contribution < -0.4 is 10.1 Å². The highest BCUT2D eigenvalue weighted by molar-refractivity contribution is 7.07. The molecule has 1 aliphatic carbocycles. The molecule has 1 aliphatic heterocycles. The molecule has 1 saturated carbocycles. The lowest BCUT2D eigenvalue weighted by Crippen LogP contribution is -2.49. The molecule has 2 fully saturated rings. The second-order valence-corrected chi connectivity index (χ2v) is 9.04. The molecule has 1 spiro atoms. The Balaban J connectivity index is 1.47. The Labute approximate surface area is 183 Å². The van der Waals surface area contributed by atoms with Crippen molar-refractivity contribution in [3.63, 3.8) is 0 Å². The van der Waals surface area contributed by atoms with Crippen molar-refractivity contribution in [1.82, 2.24) is 14.8 Å². The van der Waals surface area contributed by atoms with Crippen LogP contribution in [-0.2, 0) is 16.1 Å². The first-order valence-electron chi connectivity index (χ1n) is 10.5. The van der Waals surface area contributed by atoms with Crippen molar-refractivity contribution >= 4 is 29.2 Å². The Hall–Kier alpha value is -2.81. The van der Waals surface area contributed by atoms with E-state index in [1.807, 2.05) is 0 Å². The summed E-state index contributed by atoms with van der Waals surface area (Å²) in [6.07, 6.45) is 5.77. The lowest BCUT2D eigenvalue weighted by Gasteiger charge is -2.34. The van der Waals surface area contributed by atoms with Gasteiger partial charge in [0.15, 0.2) is 4.80 Å². The molecule has 0 unspecified atom stereocenters. The van der Waals surface area contributed by atoms with Gasteiger partial charge in [-0.2, -0.15) is 4.99 Å². The van der Waals surface area contributed by atoms with Gasteiger partial charge in [-0.15, -0.1) is 11.3 Å². The molecule has 1 saturated heterocycles. The number of nitrogens with one attached hydrogen (secondary N) is 1. The Morgan fingerprint density at radius 3 is 2.74 bits per heavy atom. The lowest BCUT2D eigenvalue weighted by atomic mass is 9.75. The maximum Gasteiger partial charge on any atom is 0.325 e. The van der Waals surface area contributed by atoms with Crippen LogP contribution in [0.1, 0.15) is 44.6 Å². The number of carbonyl (C=O) groups is 3. The summed E-state index contributed by atoms with van der Waals surface area (Å²) in [5.41, 5.74) is -0.398. The first kappa shape index (κ1) is 21.4. The molecular formula is C22H25FN4O3S. The number of hydrogen-bond acceptors (Lipinski definition) is 4. The summed E-state index contributed by atoms with van der Waals surface area (Å²) in [6, 6.07) is 5.88. The zero-order valence-corrected chi connectivity index (χ0v) is 18.2. The molecular weight excluding hydrogens is 419 g/mol. The van der Waals surface area contributed by atoms with E-state index in [1.165, 1.54) is 17.4 Å².